The van der Waals surface area contributed by atoms with Gasteiger partial charge in [-0.3, -0.25) is 0 Å². The van der Waals surface area contributed by atoms with Gasteiger partial charge in [0.2, 0.25) is 0 Å². The number of fused-ring (bicyclic) bond motifs is 8. The van der Waals surface area contributed by atoms with Crippen molar-refractivity contribution in [1.82, 2.24) is 0 Å². The minimum Gasteiger partial charge on any atom is -0.497 e. The van der Waals surface area contributed by atoms with Crippen LogP contribution in [-0.4, -0.2) is 27.6 Å². The van der Waals surface area contributed by atoms with E-state index in [1.165, 1.54) is 87.3 Å². The average molecular weight is 614 g/mol. The molecule has 4 aliphatic rings. The summed E-state index contributed by atoms with van der Waals surface area (Å²) in [6.45, 7) is 0.101. The monoisotopic (exact) mass is 614 g/mol. The highest BCUT2D eigenvalue weighted by molar-refractivity contribution is 7.01. The van der Waals surface area contributed by atoms with Gasteiger partial charge >= 0.3 is 0 Å². The Morgan fingerprint density at radius 3 is 1.33 bits per heavy atom. The minimum atomic E-state index is 0.0503. The summed E-state index contributed by atoms with van der Waals surface area (Å²) in [6, 6.07) is 39.7. The summed E-state index contributed by atoms with van der Waals surface area (Å²) in [7, 11) is 3.46. The maximum atomic E-state index is 6.58. The van der Waals surface area contributed by atoms with Gasteiger partial charge in [0, 0.05) is 12.1 Å². The Kier molecular flexibility index (Phi) is 4.49. The molecule has 6 heteroatoms. The molecule has 8 aromatic carbocycles. The van der Waals surface area contributed by atoms with E-state index in [4.69, 9.17) is 18.9 Å². The summed E-state index contributed by atoms with van der Waals surface area (Å²) in [5.41, 5.74) is 12.3. The van der Waals surface area contributed by atoms with Crippen LogP contribution in [0.25, 0.3) is 54.6 Å². The van der Waals surface area contributed by atoms with E-state index in [1.807, 2.05) is 12.1 Å². The van der Waals surface area contributed by atoms with Crippen LogP contribution < -0.4 is 51.7 Å². The first kappa shape index (κ1) is 25.2. The lowest BCUT2D eigenvalue weighted by molar-refractivity contribution is 0.409. The lowest BCUT2D eigenvalue weighted by Crippen LogP contribution is -2.58. The summed E-state index contributed by atoms with van der Waals surface area (Å²) in [5, 5.41) is 7.81. The van der Waals surface area contributed by atoms with Gasteiger partial charge in [-0.2, -0.15) is 0 Å². The van der Waals surface area contributed by atoms with E-state index in [2.05, 4.69) is 97.1 Å². The Morgan fingerprint density at radius 2 is 0.875 bits per heavy atom. The van der Waals surface area contributed by atoms with Crippen LogP contribution in [0.4, 0.5) is 0 Å². The van der Waals surface area contributed by atoms with Gasteiger partial charge in [0.05, 0.1) is 14.2 Å². The molecule has 0 amide bonds. The summed E-state index contributed by atoms with van der Waals surface area (Å²) >= 11 is 0. The predicted octanol–water partition coefficient (Wildman–Crippen LogP) is 5.81. The van der Waals surface area contributed by atoms with Crippen LogP contribution in [0.5, 0.6) is 34.5 Å². The molecule has 12 rings (SSSR count). The third kappa shape index (κ3) is 2.88. The van der Waals surface area contributed by atoms with Gasteiger partial charge in [0.25, 0.3) is 13.4 Å². The SMILES string of the molecule is COc1cc2c3c(c1)-c1ccc4cc5c6c(ccc7cc(c1c4c76)B3c1ccccc1O2)-c1cc(OC)cc2c1B5c1ccccc1O2. The molecule has 222 valence electrons. The molecule has 0 saturated carbocycles. The van der Waals surface area contributed by atoms with E-state index in [0.717, 1.165) is 34.5 Å². The van der Waals surface area contributed by atoms with Crippen molar-refractivity contribution in [3.05, 3.63) is 109 Å². The second-order valence-electron chi connectivity index (χ2n) is 13.4. The van der Waals surface area contributed by atoms with Crippen LogP contribution in [0.1, 0.15) is 0 Å². The highest BCUT2D eigenvalue weighted by Crippen LogP contribution is 2.47. The van der Waals surface area contributed by atoms with Gasteiger partial charge in [-0.25, -0.2) is 0 Å². The van der Waals surface area contributed by atoms with Crippen molar-refractivity contribution in [2.75, 3.05) is 14.2 Å². The lowest BCUT2D eigenvalue weighted by atomic mass is 9.32. The Balaban J connectivity index is 1.27. The predicted molar refractivity (Wildman–Crippen MR) is 196 cm³/mol. The van der Waals surface area contributed by atoms with Gasteiger partial charge in [0.1, 0.15) is 34.5 Å². The fraction of sp³-hybridized carbons (Fsp3) is 0.0476. The second-order valence-corrected chi connectivity index (χ2v) is 13.4. The Labute approximate surface area is 276 Å². The number of rotatable bonds is 2. The molecule has 4 nitrogen and oxygen atoms in total. The summed E-state index contributed by atoms with van der Waals surface area (Å²) in [5.74, 6) is 5.15. The molecule has 0 radical (unpaired) electrons. The molecular weight excluding hydrogens is 590 g/mol. The molecular formula is C42H24B2O4. The zero-order valence-corrected chi connectivity index (χ0v) is 26.2. The quantitative estimate of drug-likeness (QED) is 0.182. The fourth-order valence-electron chi connectivity index (χ4n) is 9.47. The number of ether oxygens (including phenoxy) is 4. The molecule has 0 spiro atoms. The molecule has 0 aromatic heterocycles. The van der Waals surface area contributed by atoms with Crippen molar-refractivity contribution in [3.8, 4) is 56.8 Å². The molecule has 0 fully saturated rings. The fourth-order valence-corrected chi connectivity index (χ4v) is 9.47. The Hall–Kier alpha value is -5.87. The number of hydrogen-bond acceptors (Lipinski definition) is 4. The number of hydrogen-bond donors (Lipinski definition) is 0. The van der Waals surface area contributed by atoms with Gasteiger partial charge in [-0.05, 0) is 101 Å². The average Bonchev–Trinajstić information content (AvgIpc) is 3.13. The molecule has 0 saturated heterocycles. The zero-order chi connectivity index (χ0) is 31.4. The molecule has 4 aliphatic heterocycles. The van der Waals surface area contributed by atoms with Crippen LogP contribution in [0, 0.1) is 0 Å². The minimum absolute atomic E-state index is 0.0503. The molecule has 0 N–H and O–H groups in total. The van der Waals surface area contributed by atoms with Crippen LogP contribution in [0.15, 0.2) is 109 Å². The van der Waals surface area contributed by atoms with Crippen LogP contribution >= 0.6 is 0 Å². The van der Waals surface area contributed by atoms with Gasteiger partial charge in [-0.15, -0.1) is 0 Å². The normalized spacial score (nSPS) is 13.9. The number of para-hydroxylation sites is 2. The van der Waals surface area contributed by atoms with Crippen molar-refractivity contribution in [3.63, 3.8) is 0 Å². The van der Waals surface area contributed by atoms with Crippen LogP contribution in [-0.2, 0) is 0 Å². The second kappa shape index (κ2) is 8.53. The Bertz CT molecular complexity index is 2600. The summed E-state index contributed by atoms with van der Waals surface area (Å²) < 4.78 is 24.8. The maximum absolute atomic E-state index is 6.58. The molecule has 48 heavy (non-hydrogen) atoms. The van der Waals surface area contributed by atoms with Crippen molar-refractivity contribution >= 4 is 78.5 Å². The van der Waals surface area contributed by atoms with Crippen molar-refractivity contribution in [1.29, 1.82) is 0 Å². The van der Waals surface area contributed by atoms with Crippen LogP contribution in [0.2, 0.25) is 0 Å². The zero-order valence-electron chi connectivity index (χ0n) is 26.2. The van der Waals surface area contributed by atoms with Gasteiger partial charge in [0.15, 0.2) is 0 Å². The number of methoxy groups -OCH3 is 2. The topological polar surface area (TPSA) is 36.9 Å². The molecule has 0 bridgehead atoms. The largest absolute Gasteiger partial charge is 0.497 e. The highest BCUT2D eigenvalue weighted by atomic mass is 16.5. The van der Waals surface area contributed by atoms with E-state index in [1.54, 1.807) is 14.2 Å². The van der Waals surface area contributed by atoms with Crippen molar-refractivity contribution in [2.45, 2.75) is 0 Å². The molecule has 0 unspecified atom stereocenters. The van der Waals surface area contributed by atoms with E-state index in [9.17, 15) is 0 Å². The maximum Gasteiger partial charge on any atom is 0.252 e. The summed E-state index contributed by atoms with van der Waals surface area (Å²) in [6.07, 6.45) is 0. The number of benzene rings is 8. The van der Waals surface area contributed by atoms with E-state index in [0.29, 0.717) is 0 Å². The third-order valence-electron chi connectivity index (χ3n) is 11.3. The Morgan fingerprint density at radius 1 is 0.417 bits per heavy atom. The van der Waals surface area contributed by atoms with Gasteiger partial charge < -0.3 is 18.9 Å². The van der Waals surface area contributed by atoms with Crippen molar-refractivity contribution in [2.24, 2.45) is 0 Å². The molecule has 8 aromatic rings. The standard InChI is InChI=1S/C42H24B2O4/c1-45-23-17-27-25-13-11-21-16-32-40-26(28-18-24(46-2)20-36-42(28)44(32)30-8-4-6-10-34(30)48-36)14-12-22-15-31(39(25)37(21)38(22)40)43-29-7-3-5-9-33(29)47-35(19-23)41(27)43/h3-20H,1-2H3. The first-order valence-electron chi connectivity index (χ1n) is 16.5. The first-order valence-corrected chi connectivity index (χ1v) is 16.5. The van der Waals surface area contributed by atoms with E-state index >= 15 is 0 Å². The van der Waals surface area contributed by atoms with Crippen molar-refractivity contribution < 1.29 is 18.9 Å². The first-order chi connectivity index (χ1) is 23.7. The summed E-state index contributed by atoms with van der Waals surface area (Å²) in [4.78, 5) is 0. The third-order valence-corrected chi connectivity index (χ3v) is 11.3. The van der Waals surface area contributed by atoms with E-state index in [-0.39, 0.29) is 13.4 Å². The smallest absolute Gasteiger partial charge is 0.252 e. The molecule has 0 aliphatic carbocycles. The van der Waals surface area contributed by atoms with E-state index < -0.39 is 0 Å². The molecule has 0 atom stereocenters. The highest BCUT2D eigenvalue weighted by Gasteiger charge is 2.43. The van der Waals surface area contributed by atoms with Crippen LogP contribution in [0.3, 0.4) is 0 Å². The molecule has 4 heterocycles. The lowest BCUT2D eigenvalue weighted by Gasteiger charge is -2.36. The van der Waals surface area contributed by atoms with Gasteiger partial charge in [-0.1, -0.05) is 83.7 Å².